The molecule has 0 spiro atoms. The zero-order chi connectivity index (χ0) is 19.6. The van der Waals surface area contributed by atoms with Crippen molar-refractivity contribution in [2.75, 3.05) is 5.32 Å². The maximum absolute atomic E-state index is 12.7. The number of carbonyl (C=O) groups is 1. The molecule has 0 fully saturated rings. The molecule has 2 N–H and O–H groups in total. The summed E-state index contributed by atoms with van der Waals surface area (Å²) in [5, 5.41) is 12.1. The normalized spacial score (nSPS) is 17.6. The van der Waals surface area contributed by atoms with Crippen LogP contribution in [-0.4, -0.2) is 27.2 Å². The molecule has 0 aliphatic carbocycles. The second-order valence-electron chi connectivity index (χ2n) is 6.51. The van der Waals surface area contributed by atoms with Crippen LogP contribution < -0.4 is 5.32 Å². The van der Waals surface area contributed by atoms with Crippen LogP contribution in [0.25, 0.3) is 0 Å². The number of aryl methyl sites for hydroxylation is 1. The highest BCUT2D eigenvalue weighted by Crippen LogP contribution is 2.38. The number of rotatable bonds is 4. The number of anilines is 1. The first kappa shape index (κ1) is 17.6. The van der Waals surface area contributed by atoms with Gasteiger partial charge in [0, 0.05) is 11.9 Å². The second kappa shape index (κ2) is 7.08. The molecule has 1 aliphatic rings. The summed E-state index contributed by atoms with van der Waals surface area (Å²) in [7, 11) is 0. The smallest absolute Gasteiger partial charge is 0.274 e. The second-order valence-corrected chi connectivity index (χ2v) is 6.51. The number of benzene rings is 2. The number of carbonyl (C=O) groups excluding carboxylic acids is 1. The summed E-state index contributed by atoms with van der Waals surface area (Å²) < 4.78 is 0. The van der Waals surface area contributed by atoms with Crippen molar-refractivity contribution in [1.82, 2.24) is 9.97 Å². The molecule has 1 atom stereocenters. The Morgan fingerprint density at radius 1 is 1.07 bits per heavy atom. The van der Waals surface area contributed by atoms with Crippen LogP contribution in [0, 0.1) is 6.92 Å². The summed E-state index contributed by atoms with van der Waals surface area (Å²) in [6.07, 6.45) is 6.97. The molecule has 28 heavy (non-hydrogen) atoms. The van der Waals surface area contributed by atoms with E-state index in [4.69, 9.17) is 0 Å². The third-order valence-electron chi connectivity index (χ3n) is 4.67. The molecule has 0 bridgehead atoms. The number of aliphatic imine (C=N–C) groups is 1. The molecule has 2 heterocycles. The molecule has 6 heteroatoms. The molecule has 6 nitrogen and oxygen atoms in total. The number of hydrogen-bond acceptors (Lipinski definition) is 5. The topological polar surface area (TPSA) is 87.5 Å². The first-order chi connectivity index (χ1) is 13.6. The van der Waals surface area contributed by atoms with E-state index in [9.17, 15) is 9.90 Å². The highest BCUT2D eigenvalue weighted by atomic mass is 16.3. The van der Waals surface area contributed by atoms with E-state index >= 15 is 0 Å². The summed E-state index contributed by atoms with van der Waals surface area (Å²) in [6.45, 7) is 2.03. The summed E-state index contributed by atoms with van der Waals surface area (Å²) >= 11 is 0. The van der Waals surface area contributed by atoms with Crippen LogP contribution in [0.1, 0.15) is 27.3 Å². The quantitative estimate of drug-likeness (QED) is 0.687. The van der Waals surface area contributed by atoms with Gasteiger partial charge in [0.25, 0.3) is 5.91 Å². The molecule has 4 rings (SSSR count). The van der Waals surface area contributed by atoms with Crippen molar-refractivity contribution in [3.8, 4) is 5.75 Å². The van der Waals surface area contributed by atoms with Crippen LogP contribution >= 0.6 is 0 Å². The molecule has 138 valence electrons. The van der Waals surface area contributed by atoms with Crippen LogP contribution in [0.3, 0.4) is 0 Å². The van der Waals surface area contributed by atoms with Crippen molar-refractivity contribution in [2.24, 2.45) is 4.99 Å². The zero-order valence-electron chi connectivity index (χ0n) is 15.2. The third-order valence-corrected chi connectivity index (χ3v) is 4.67. The highest BCUT2D eigenvalue weighted by Gasteiger charge is 2.35. The Labute approximate surface area is 162 Å². The number of hydrogen-bond donors (Lipinski definition) is 2. The lowest BCUT2D eigenvalue weighted by Crippen LogP contribution is -2.25. The molecular formula is C22H18N4O2. The number of aromatic hydroxyl groups is 1. The Kier molecular flexibility index (Phi) is 4.45. The number of amides is 1. The van der Waals surface area contributed by atoms with Gasteiger partial charge in [0.1, 0.15) is 23.3 Å². The fourth-order valence-corrected chi connectivity index (χ4v) is 3.27. The van der Waals surface area contributed by atoms with Crippen LogP contribution in [0.5, 0.6) is 5.75 Å². The van der Waals surface area contributed by atoms with Gasteiger partial charge in [0.15, 0.2) is 0 Å². The lowest BCUT2D eigenvalue weighted by molar-refractivity contribution is 0.102. The van der Waals surface area contributed by atoms with Crippen molar-refractivity contribution < 1.29 is 9.90 Å². The number of phenolic OH excluding ortho intramolecular Hbond substituents is 1. The standard InChI is InChI=1S/C22H18N4O2/c1-15-5-2-3-6-18(15)22(11-4-12-25-22)20-13-19(23-14-24-20)21(28)26-16-7-9-17(27)10-8-16/h2-14,27H,1H3,(H,26,28). The van der Waals surface area contributed by atoms with Crippen molar-refractivity contribution in [2.45, 2.75) is 12.5 Å². The molecule has 0 saturated heterocycles. The van der Waals surface area contributed by atoms with Gasteiger partial charge in [-0.1, -0.05) is 24.3 Å². The Morgan fingerprint density at radius 2 is 1.86 bits per heavy atom. The highest BCUT2D eigenvalue weighted by molar-refractivity contribution is 6.03. The van der Waals surface area contributed by atoms with E-state index in [2.05, 4.69) is 20.3 Å². The minimum atomic E-state index is -0.776. The Balaban J connectivity index is 1.70. The summed E-state index contributed by atoms with van der Waals surface area (Å²) in [5.41, 5.74) is 2.74. The molecule has 1 aliphatic heterocycles. The average Bonchev–Trinajstić information content (AvgIpc) is 3.21. The predicted octanol–water partition coefficient (Wildman–Crippen LogP) is 3.63. The van der Waals surface area contributed by atoms with Crippen LogP contribution in [0.2, 0.25) is 0 Å². The van der Waals surface area contributed by atoms with Crippen molar-refractivity contribution >= 4 is 17.8 Å². The van der Waals surface area contributed by atoms with Gasteiger partial charge in [0.05, 0.1) is 5.69 Å². The number of phenols is 1. The Morgan fingerprint density at radius 3 is 2.57 bits per heavy atom. The van der Waals surface area contributed by atoms with Crippen molar-refractivity contribution in [3.05, 3.63) is 95.6 Å². The number of nitrogens with one attached hydrogen (secondary N) is 1. The fourth-order valence-electron chi connectivity index (χ4n) is 3.27. The molecule has 1 aromatic heterocycles. The molecule has 1 unspecified atom stereocenters. The predicted molar refractivity (Wildman–Crippen MR) is 108 cm³/mol. The minimum Gasteiger partial charge on any atom is -0.508 e. The fraction of sp³-hybridized carbons (Fsp3) is 0.0909. The van der Waals surface area contributed by atoms with Gasteiger partial charge in [0.2, 0.25) is 0 Å². The largest absolute Gasteiger partial charge is 0.508 e. The van der Waals surface area contributed by atoms with E-state index in [1.165, 1.54) is 18.5 Å². The lowest BCUT2D eigenvalue weighted by atomic mass is 9.84. The van der Waals surface area contributed by atoms with Crippen molar-refractivity contribution in [3.63, 3.8) is 0 Å². The van der Waals surface area contributed by atoms with E-state index in [0.29, 0.717) is 11.4 Å². The van der Waals surface area contributed by atoms with E-state index < -0.39 is 5.54 Å². The van der Waals surface area contributed by atoms with Crippen LogP contribution in [-0.2, 0) is 5.54 Å². The molecule has 1 amide bonds. The Hall–Kier alpha value is -3.80. The van der Waals surface area contributed by atoms with Gasteiger partial charge in [-0.25, -0.2) is 9.97 Å². The number of nitrogens with zero attached hydrogens (tertiary/aromatic N) is 3. The first-order valence-corrected chi connectivity index (χ1v) is 8.80. The monoisotopic (exact) mass is 370 g/mol. The Bertz CT molecular complexity index is 1080. The molecule has 0 saturated carbocycles. The van der Waals surface area contributed by atoms with Crippen LogP contribution in [0.4, 0.5) is 5.69 Å². The van der Waals surface area contributed by atoms with Gasteiger partial charge in [-0.3, -0.25) is 9.79 Å². The minimum absolute atomic E-state index is 0.133. The average molecular weight is 370 g/mol. The van der Waals surface area contributed by atoms with Crippen molar-refractivity contribution in [1.29, 1.82) is 0 Å². The van der Waals surface area contributed by atoms with Gasteiger partial charge in [-0.15, -0.1) is 0 Å². The van der Waals surface area contributed by atoms with Crippen LogP contribution in [0.15, 0.2) is 78.1 Å². The summed E-state index contributed by atoms with van der Waals surface area (Å²) in [6, 6.07) is 15.9. The molecule has 0 radical (unpaired) electrons. The summed E-state index contributed by atoms with van der Waals surface area (Å²) in [4.78, 5) is 25.9. The van der Waals surface area contributed by atoms with Gasteiger partial charge in [-0.2, -0.15) is 0 Å². The SMILES string of the molecule is Cc1ccccc1C1(c2cc(C(=O)Nc3ccc(O)cc3)ncn2)C=CC=N1. The zero-order valence-corrected chi connectivity index (χ0v) is 15.2. The molecular weight excluding hydrogens is 352 g/mol. The first-order valence-electron chi connectivity index (χ1n) is 8.80. The van der Waals surface area contributed by atoms with E-state index in [-0.39, 0.29) is 17.4 Å². The molecule has 3 aromatic rings. The number of aromatic nitrogens is 2. The van der Waals surface area contributed by atoms with E-state index in [0.717, 1.165) is 11.1 Å². The van der Waals surface area contributed by atoms with Gasteiger partial charge in [-0.05, 0) is 60.5 Å². The van der Waals surface area contributed by atoms with E-state index in [1.54, 1.807) is 24.4 Å². The third kappa shape index (κ3) is 3.16. The summed E-state index contributed by atoms with van der Waals surface area (Å²) in [5.74, 6) is -0.228. The molecule has 2 aromatic carbocycles. The number of allylic oxidation sites excluding steroid dienone is 1. The maximum Gasteiger partial charge on any atom is 0.274 e. The maximum atomic E-state index is 12.7. The van der Waals surface area contributed by atoms with Gasteiger partial charge >= 0.3 is 0 Å². The van der Waals surface area contributed by atoms with E-state index in [1.807, 2.05) is 43.3 Å². The van der Waals surface area contributed by atoms with Gasteiger partial charge < -0.3 is 10.4 Å². The lowest BCUT2D eigenvalue weighted by Gasteiger charge is -2.26.